The fourth-order valence-electron chi connectivity index (χ4n) is 4.19. The molecule has 0 saturated heterocycles. The van der Waals surface area contributed by atoms with Gasteiger partial charge in [0, 0.05) is 4.88 Å². The molecule has 0 spiro atoms. The average Bonchev–Trinajstić information content (AvgIpc) is 3.20. The van der Waals surface area contributed by atoms with Crippen molar-refractivity contribution in [1.29, 1.82) is 0 Å². The van der Waals surface area contributed by atoms with E-state index in [1.54, 1.807) is 13.0 Å². The number of thiophene rings is 1. The Balaban J connectivity index is 1.80. The maximum absolute atomic E-state index is 12.7. The van der Waals surface area contributed by atoms with Gasteiger partial charge in [0.05, 0.1) is 24.0 Å². The molecule has 0 aliphatic heterocycles. The molecule has 2 saturated carbocycles. The normalized spacial score (nSPS) is 27.9. The van der Waals surface area contributed by atoms with Crippen LogP contribution in [0.25, 0.3) is 0 Å². The summed E-state index contributed by atoms with van der Waals surface area (Å²) in [6.07, 6.45) is 2.60. The summed E-state index contributed by atoms with van der Waals surface area (Å²) in [7, 11) is 0. The van der Waals surface area contributed by atoms with E-state index in [0.717, 1.165) is 24.1 Å². The molecule has 2 aliphatic carbocycles. The highest BCUT2D eigenvalue weighted by Crippen LogP contribution is 2.52. The SMILES string of the molecule is CCOC(=O)c1cc(C)sc1NC(=O)[C@H]1[C@H]2CC[C@@H](C2)[C@H]1C(=O)O. The minimum absolute atomic E-state index is 0.0952. The number of rotatable bonds is 5. The number of hydrogen-bond acceptors (Lipinski definition) is 5. The number of carbonyl (C=O) groups excluding carboxylic acids is 2. The quantitative estimate of drug-likeness (QED) is 0.796. The lowest BCUT2D eigenvalue weighted by Crippen LogP contribution is -2.37. The number of hydrogen-bond donors (Lipinski definition) is 2. The average molecular weight is 351 g/mol. The number of carboxylic acids is 1. The van der Waals surface area contributed by atoms with E-state index >= 15 is 0 Å². The van der Waals surface area contributed by atoms with Gasteiger partial charge < -0.3 is 15.2 Å². The molecule has 1 heterocycles. The molecule has 6 nitrogen and oxygen atoms in total. The number of carbonyl (C=O) groups is 3. The summed E-state index contributed by atoms with van der Waals surface area (Å²) >= 11 is 1.31. The second-order valence-electron chi connectivity index (χ2n) is 6.53. The standard InChI is InChI=1S/C17H21NO5S/c1-3-23-17(22)11-6-8(2)24-15(11)18-14(19)12-9-4-5-10(7-9)13(12)16(20)21/h6,9-10,12-13H,3-5,7H2,1-2H3,(H,18,19)(H,20,21)/t9-,10-,12-,13+/m0/s1. The van der Waals surface area contributed by atoms with Crippen LogP contribution >= 0.6 is 11.3 Å². The summed E-state index contributed by atoms with van der Waals surface area (Å²) < 4.78 is 5.02. The largest absolute Gasteiger partial charge is 0.481 e. The van der Waals surface area contributed by atoms with E-state index in [-0.39, 0.29) is 24.3 Å². The Morgan fingerprint density at radius 3 is 2.58 bits per heavy atom. The van der Waals surface area contributed by atoms with Crippen LogP contribution in [0.3, 0.4) is 0 Å². The smallest absolute Gasteiger partial charge is 0.341 e. The Bertz CT molecular complexity index is 683. The molecule has 1 aromatic heterocycles. The van der Waals surface area contributed by atoms with E-state index in [1.165, 1.54) is 11.3 Å². The molecule has 1 amide bonds. The Morgan fingerprint density at radius 2 is 1.96 bits per heavy atom. The van der Waals surface area contributed by atoms with Crippen molar-refractivity contribution < 1.29 is 24.2 Å². The van der Waals surface area contributed by atoms with Crippen LogP contribution in [-0.4, -0.2) is 29.6 Å². The fourth-order valence-corrected chi connectivity index (χ4v) is 5.09. The number of fused-ring (bicyclic) bond motifs is 2. The summed E-state index contributed by atoms with van der Waals surface area (Å²) in [6.45, 7) is 3.83. The first-order valence-electron chi connectivity index (χ1n) is 8.23. The molecule has 2 N–H and O–H groups in total. The summed E-state index contributed by atoms with van der Waals surface area (Å²) in [4.78, 5) is 37.2. The van der Waals surface area contributed by atoms with Gasteiger partial charge in [-0.1, -0.05) is 0 Å². The molecule has 0 aromatic carbocycles. The van der Waals surface area contributed by atoms with E-state index < -0.39 is 23.8 Å². The minimum atomic E-state index is -0.893. The molecule has 2 fully saturated rings. The van der Waals surface area contributed by atoms with Crippen molar-refractivity contribution in [2.24, 2.45) is 23.7 Å². The summed E-state index contributed by atoms with van der Waals surface area (Å²) in [5.74, 6) is -2.56. The number of esters is 1. The van der Waals surface area contributed by atoms with E-state index in [9.17, 15) is 19.5 Å². The zero-order valence-corrected chi connectivity index (χ0v) is 14.5. The van der Waals surface area contributed by atoms with Gasteiger partial charge in [-0.25, -0.2) is 4.79 Å². The monoisotopic (exact) mass is 351 g/mol. The lowest BCUT2D eigenvalue weighted by atomic mass is 9.79. The number of nitrogens with one attached hydrogen (secondary N) is 1. The Labute approximate surface area is 144 Å². The molecule has 0 unspecified atom stereocenters. The maximum atomic E-state index is 12.7. The summed E-state index contributed by atoms with van der Waals surface area (Å²) in [5.41, 5.74) is 0.336. The van der Waals surface area contributed by atoms with E-state index in [0.29, 0.717) is 10.6 Å². The first kappa shape index (κ1) is 17.0. The number of amides is 1. The molecule has 1 aromatic rings. The van der Waals surface area contributed by atoms with Crippen LogP contribution in [0.1, 0.15) is 41.4 Å². The predicted molar refractivity (Wildman–Crippen MR) is 89.1 cm³/mol. The van der Waals surface area contributed by atoms with Crippen LogP contribution in [0.5, 0.6) is 0 Å². The van der Waals surface area contributed by atoms with E-state index in [1.807, 2.05) is 6.92 Å². The van der Waals surface area contributed by atoms with Crippen molar-refractivity contribution in [3.8, 4) is 0 Å². The van der Waals surface area contributed by atoms with Crippen molar-refractivity contribution in [1.82, 2.24) is 0 Å². The van der Waals surface area contributed by atoms with Crippen molar-refractivity contribution in [3.05, 3.63) is 16.5 Å². The van der Waals surface area contributed by atoms with Gasteiger partial charge in [0.25, 0.3) is 0 Å². The zero-order valence-electron chi connectivity index (χ0n) is 13.7. The summed E-state index contributed by atoms with van der Waals surface area (Å²) in [6, 6.07) is 1.69. The third-order valence-corrected chi connectivity index (χ3v) is 6.06. The van der Waals surface area contributed by atoms with Crippen molar-refractivity contribution >= 4 is 34.2 Å². The number of aliphatic carboxylic acids is 1. The third-order valence-electron chi connectivity index (χ3n) is 5.09. The van der Waals surface area contributed by atoms with Crippen molar-refractivity contribution in [3.63, 3.8) is 0 Å². The number of anilines is 1. The highest BCUT2D eigenvalue weighted by atomic mass is 32.1. The second-order valence-corrected chi connectivity index (χ2v) is 7.79. The first-order valence-corrected chi connectivity index (χ1v) is 9.05. The fraction of sp³-hybridized carbons (Fsp3) is 0.588. The molecule has 7 heteroatoms. The topological polar surface area (TPSA) is 92.7 Å². The highest BCUT2D eigenvalue weighted by molar-refractivity contribution is 7.16. The first-order chi connectivity index (χ1) is 11.4. The number of ether oxygens (including phenoxy) is 1. The highest BCUT2D eigenvalue weighted by Gasteiger charge is 2.54. The molecule has 24 heavy (non-hydrogen) atoms. The Hall–Kier alpha value is -1.89. The van der Waals surface area contributed by atoms with Crippen LogP contribution in [0.2, 0.25) is 0 Å². The van der Waals surface area contributed by atoms with Crippen LogP contribution in [-0.2, 0) is 14.3 Å². The maximum Gasteiger partial charge on any atom is 0.341 e. The molecule has 2 bridgehead atoms. The molecular weight excluding hydrogens is 330 g/mol. The lowest BCUT2D eigenvalue weighted by Gasteiger charge is -2.26. The number of carboxylic acid groups (broad SMARTS) is 1. The van der Waals surface area contributed by atoms with Gasteiger partial charge >= 0.3 is 11.9 Å². The molecule has 130 valence electrons. The van der Waals surface area contributed by atoms with Crippen LogP contribution in [0.15, 0.2) is 6.07 Å². The van der Waals surface area contributed by atoms with Crippen LogP contribution in [0, 0.1) is 30.6 Å². The van der Waals surface area contributed by atoms with Gasteiger partial charge in [0.1, 0.15) is 5.00 Å². The van der Waals surface area contributed by atoms with Crippen LogP contribution < -0.4 is 5.32 Å². The molecule has 3 rings (SSSR count). The predicted octanol–water partition coefficient (Wildman–Crippen LogP) is 2.92. The molecular formula is C17H21NO5S. The van der Waals surface area contributed by atoms with Gasteiger partial charge in [-0.2, -0.15) is 0 Å². The number of aryl methyl sites for hydroxylation is 1. The van der Waals surface area contributed by atoms with E-state index in [4.69, 9.17) is 4.74 Å². The van der Waals surface area contributed by atoms with Gasteiger partial charge in [0.2, 0.25) is 5.91 Å². The summed E-state index contributed by atoms with van der Waals surface area (Å²) in [5, 5.41) is 12.7. The van der Waals surface area contributed by atoms with Gasteiger partial charge in [-0.05, 0) is 51.0 Å². The Kier molecular flexibility index (Phi) is 4.62. The van der Waals surface area contributed by atoms with Gasteiger partial charge in [-0.15, -0.1) is 11.3 Å². The lowest BCUT2D eigenvalue weighted by molar-refractivity contribution is -0.148. The Morgan fingerprint density at radius 1 is 1.29 bits per heavy atom. The van der Waals surface area contributed by atoms with Crippen molar-refractivity contribution in [2.45, 2.75) is 33.1 Å². The van der Waals surface area contributed by atoms with Gasteiger partial charge in [-0.3, -0.25) is 9.59 Å². The molecule has 0 radical (unpaired) electrons. The van der Waals surface area contributed by atoms with Crippen LogP contribution in [0.4, 0.5) is 5.00 Å². The molecule has 4 atom stereocenters. The molecule has 2 aliphatic rings. The van der Waals surface area contributed by atoms with E-state index in [2.05, 4.69) is 5.32 Å². The second kappa shape index (κ2) is 6.55. The van der Waals surface area contributed by atoms with Gasteiger partial charge in [0.15, 0.2) is 0 Å². The minimum Gasteiger partial charge on any atom is -0.481 e. The zero-order chi connectivity index (χ0) is 17.4. The third kappa shape index (κ3) is 2.92. The van der Waals surface area contributed by atoms with Crippen molar-refractivity contribution in [2.75, 3.05) is 11.9 Å².